The second-order valence-corrected chi connectivity index (χ2v) is 4.43. The Hall–Kier alpha value is -1.55. The molecule has 0 amide bonds. The molecule has 4 heteroatoms. The van der Waals surface area contributed by atoms with Gasteiger partial charge >= 0.3 is 5.97 Å². The molecule has 17 heavy (non-hydrogen) atoms. The summed E-state index contributed by atoms with van der Waals surface area (Å²) in [5.41, 5.74) is 7.45. The summed E-state index contributed by atoms with van der Waals surface area (Å²) in [6.07, 6.45) is 0.330. The number of nitrogens with two attached hydrogens (primary N) is 1. The summed E-state index contributed by atoms with van der Waals surface area (Å²) in [4.78, 5) is 10.8. The van der Waals surface area contributed by atoms with Crippen LogP contribution in [0.2, 0.25) is 0 Å². The first-order valence-corrected chi connectivity index (χ1v) is 5.64. The molecular formula is C13H19NO3. The third-order valence-electron chi connectivity index (χ3n) is 2.34. The molecule has 0 aliphatic carbocycles. The van der Waals surface area contributed by atoms with Crippen LogP contribution in [0.15, 0.2) is 18.2 Å². The number of carboxylic acid groups (broad SMARTS) is 1. The minimum Gasteiger partial charge on any atom is -0.491 e. The van der Waals surface area contributed by atoms with Crippen molar-refractivity contribution in [2.75, 3.05) is 0 Å². The zero-order valence-corrected chi connectivity index (χ0v) is 10.4. The number of carboxylic acids is 1. The van der Waals surface area contributed by atoms with E-state index in [1.54, 1.807) is 0 Å². The van der Waals surface area contributed by atoms with E-state index in [1.165, 1.54) is 0 Å². The first-order valence-electron chi connectivity index (χ1n) is 5.64. The molecular weight excluding hydrogens is 218 g/mol. The summed E-state index contributed by atoms with van der Waals surface area (Å²) in [5.74, 6) is -0.288. The van der Waals surface area contributed by atoms with E-state index in [-0.39, 0.29) is 12.5 Å². The molecule has 1 aromatic rings. The van der Waals surface area contributed by atoms with Gasteiger partial charge < -0.3 is 15.6 Å². The second-order valence-electron chi connectivity index (χ2n) is 4.43. The maximum atomic E-state index is 10.8. The fraction of sp³-hybridized carbons (Fsp3) is 0.462. The van der Waals surface area contributed by atoms with Crippen LogP contribution >= 0.6 is 0 Å². The molecule has 1 aromatic carbocycles. The van der Waals surface area contributed by atoms with Crippen LogP contribution in [0.4, 0.5) is 0 Å². The monoisotopic (exact) mass is 237 g/mol. The Bertz CT molecular complexity index is 402. The smallest absolute Gasteiger partial charge is 0.320 e. The van der Waals surface area contributed by atoms with Crippen molar-refractivity contribution in [2.45, 2.75) is 39.3 Å². The van der Waals surface area contributed by atoms with Crippen LogP contribution in [0.3, 0.4) is 0 Å². The van der Waals surface area contributed by atoms with E-state index >= 15 is 0 Å². The van der Waals surface area contributed by atoms with Crippen LogP contribution in [0.1, 0.15) is 25.0 Å². The third kappa shape index (κ3) is 4.07. The Labute approximate surface area is 101 Å². The van der Waals surface area contributed by atoms with Gasteiger partial charge in [0.2, 0.25) is 0 Å². The predicted octanol–water partition coefficient (Wildman–Crippen LogP) is 1.74. The van der Waals surface area contributed by atoms with Crippen LogP contribution in [0.5, 0.6) is 5.75 Å². The average Bonchev–Trinajstić information content (AvgIpc) is 2.21. The molecule has 1 rings (SSSR count). The van der Waals surface area contributed by atoms with Gasteiger partial charge in [-0.05, 0) is 32.4 Å². The molecule has 0 saturated heterocycles. The van der Waals surface area contributed by atoms with Crippen molar-refractivity contribution in [3.63, 3.8) is 0 Å². The molecule has 0 heterocycles. The lowest BCUT2D eigenvalue weighted by molar-refractivity contribution is -0.138. The Kier molecular flexibility index (Phi) is 4.52. The van der Waals surface area contributed by atoms with E-state index in [0.29, 0.717) is 5.75 Å². The minimum absolute atomic E-state index is 0.0532. The lowest BCUT2D eigenvalue weighted by Gasteiger charge is -2.16. The first kappa shape index (κ1) is 13.5. The van der Waals surface area contributed by atoms with E-state index in [0.717, 1.165) is 11.1 Å². The van der Waals surface area contributed by atoms with Crippen LogP contribution in [-0.2, 0) is 11.2 Å². The third-order valence-corrected chi connectivity index (χ3v) is 2.34. The van der Waals surface area contributed by atoms with Gasteiger partial charge in [0, 0.05) is 6.42 Å². The highest BCUT2D eigenvalue weighted by molar-refractivity contribution is 5.73. The van der Waals surface area contributed by atoms with Gasteiger partial charge in [-0.25, -0.2) is 0 Å². The zero-order chi connectivity index (χ0) is 13.0. The molecule has 1 unspecified atom stereocenters. The van der Waals surface area contributed by atoms with E-state index < -0.39 is 12.0 Å². The lowest BCUT2D eigenvalue weighted by atomic mass is 10.0. The number of benzene rings is 1. The van der Waals surface area contributed by atoms with E-state index in [9.17, 15) is 4.79 Å². The predicted molar refractivity (Wildman–Crippen MR) is 66.3 cm³/mol. The van der Waals surface area contributed by atoms with Crippen molar-refractivity contribution < 1.29 is 14.6 Å². The number of carbonyl (C=O) groups is 1. The molecule has 0 spiro atoms. The van der Waals surface area contributed by atoms with Crippen LogP contribution in [0.25, 0.3) is 0 Å². The Morgan fingerprint density at radius 3 is 2.65 bits per heavy atom. The highest BCUT2D eigenvalue weighted by Crippen LogP contribution is 2.22. The summed E-state index contributed by atoms with van der Waals surface area (Å²) >= 11 is 0. The fourth-order valence-corrected chi connectivity index (χ4v) is 1.56. The molecule has 0 radical (unpaired) electrons. The standard InChI is InChI=1S/C13H19NO3/c1-8(2)17-12-5-4-9(3)6-10(12)7-11(14)13(15)16/h4-6,8,11H,7,14H2,1-3H3,(H,15,16). The highest BCUT2D eigenvalue weighted by Gasteiger charge is 2.15. The SMILES string of the molecule is Cc1ccc(OC(C)C)c(CC(N)C(=O)O)c1. The van der Waals surface area contributed by atoms with Crippen LogP contribution in [0, 0.1) is 6.92 Å². The van der Waals surface area contributed by atoms with Crippen molar-refractivity contribution >= 4 is 5.97 Å². The number of rotatable bonds is 5. The fourth-order valence-electron chi connectivity index (χ4n) is 1.56. The van der Waals surface area contributed by atoms with Gasteiger partial charge in [0.05, 0.1) is 6.10 Å². The number of aliphatic carboxylic acids is 1. The summed E-state index contributed by atoms with van der Waals surface area (Å²) < 4.78 is 5.63. The van der Waals surface area contributed by atoms with Gasteiger partial charge in [-0.1, -0.05) is 17.7 Å². The number of hydrogen-bond donors (Lipinski definition) is 2. The summed E-state index contributed by atoms with van der Waals surface area (Å²) in [6, 6.07) is 4.82. The Balaban J connectivity index is 2.94. The second kappa shape index (κ2) is 5.68. The largest absolute Gasteiger partial charge is 0.491 e. The van der Waals surface area contributed by atoms with Crippen molar-refractivity contribution in [1.29, 1.82) is 0 Å². The molecule has 3 N–H and O–H groups in total. The van der Waals surface area contributed by atoms with E-state index in [1.807, 2.05) is 39.0 Å². The van der Waals surface area contributed by atoms with Gasteiger partial charge in [-0.15, -0.1) is 0 Å². The molecule has 94 valence electrons. The maximum absolute atomic E-state index is 10.8. The molecule has 0 aromatic heterocycles. The van der Waals surface area contributed by atoms with Crippen molar-refractivity contribution in [2.24, 2.45) is 5.73 Å². The molecule has 0 bridgehead atoms. The van der Waals surface area contributed by atoms with Crippen LogP contribution < -0.4 is 10.5 Å². The first-order chi connectivity index (χ1) is 7.90. The van der Waals surface area contributed by atoms with Gasteiger partial charge in [0.1, 0.15) is 11.8 Å². The molecule has 1 atom stereocenters. The Morgan fingerprint density at radius 2 is 2.12 bits per heavy atom. The van der Waals surface area contributed by atoms with Gasteiger partial charge in [-0.2, -0.15) is 0 Å². The summed E-state index contributed by atoms with van der Waals surface area (Å²) in [7, 11) is 0. The normalized spacial score (nSPS) is 12.5. The van der Waals surface area contributed by atoms with Crippen LogP contribution in [-0.4, -0.2) is 23.2 Å². The van der Waals surface area contributed by atoms with Gasteiger partial charge in [0.25, 0.3) is 0 Å². The zero-order valence-electron chi connectivity index (χ0n) is 10.4. The maximum Gasteiger partial charge on any atom is 0.320 e. The van der Waals surface area contributed by atoms with E-state index in [4.69, 9.17) is 15.6 Å². The van der Waals surface area contributed by atoms with Gasteiger partial charge in [0.15, 0.2) is 0 Å². The lowest BCUT2D eigenvalue weighted by Crippen LogP contribution is -2.32. The number of hydrogen-bond acceptors (Lipinski definition) is 3. The average molecular weight is 237 g/mol. The van der Waals surface area contributed by atoms with Crippen molar-refractivity contribution in [1.82, 2.24) is 0 Å². The molecule has 0 fully saturated rings. The molecule has 4 nitrogen and oxygen atoms in total. The summed E-state index contributed by atoms with van der Waals surface area (Å²) in [6.45, 7) is 5.82. The van der Waals surface area contributed by atoms with Gasteiger partial charge in [-0.3, -0.25) is 4.79 Å². The quantitative estimate of drug-likeness (QED) is 0.818. The number of aryl methyl sites for hydroxylation is 1. The Morgan fingerprint density at radius 1 is 1.47 bits per heavy atom. The summed E-state index contributed by atoms with van der Waals surface area (Å²) in [5, 5.41) is 8.82. The van der Waals surface area contributed by atoms with Crippen molar-refractivity contribution in [3.05, 3.63) is 29.3 Å². The highest BCUT2D eigenvalue weighted by atomic mass is 16.5. The number of ether oxygens (including phenoxy) is 1. The topological polar surface area (TPSA) is 72.5 Å². The van der Waals surface area contributed by atoms with E-state index in [2.05, 4.69) is 0 Å². The molecule has 0 aliphatic heterocycles. The molecule has 0 saturated carbocycles. The van der Waals surface area contributed by atoms with Crippen molar-refractivity contribution in [3.8, 4) is 5.75 Å². The molecule has 0 aliphatic rings. The minimum atomic E-state index is -0.998.